The third kappa shape index (κ3) is 2.56. The van der Waals surface area contributed by atoms with Gasteiger partial charge in [0.1, 0.15) is 5.60 Å². The summed E-state index contributed by atoms with van der Waals surface area (Å²) in [5.41, 5.74) is -0.527. The summed E-state index contributed by atoms with van der Waals surface area (Å²) in [7, 11) is 0. The molecule has 1 rings (SSSR count). The Morgan fingerprint density at radius 1 is 1.13 bits per heavy atom. The lowest BCUT2D eigenvalue weighted by Gasteiger charge is -2.29. The van der Waals surface area contributed by atoms with Gasteiger partial charge >= 0.3 is 12.0 Å². The minimum Gasteiger partial charge on any atom is -0.414 e. The van der Waals surface area contributed by atoms with E-state index >= 15 is 0 Å². The molecule has 0 bridgehead atoms. The van der Waals surface area contributed by atoms with Crippen molar-refractivity contribution >= 4 is 12.0 Å². The number of carbonyl (C=O) groups is 2. The van der Waals surface area contributed by atoms with Crippen LogP contribution in [0.25, 0.3) is 0 Å². The van der Waals surface area contributed by atoms with Crippen LogP contribution in [0.15, 0.2) is 0 Å². The Balaban J connectivity index is 2.82. The number of hydrogen-bond acceptors (Lipinski definition) is 3. The molecule has 0 aromatic rings. The molecule has 2 amide bonds. The van der Waals surface area contributed by atoms with Crippen LogP contribution in [0, 0.1) is 0 Å². The molecule has 1 aliphatic heterocycles. The summed E-state index contributed by atoms with van der Waals surface area (Å²) < 4.78 is 5.17. The van der Waals surface area contributed by atoms with Crippen molar-refractivity contribution in [2.75, 3.05) is 13.1 Å². The Morgan fingerprint density at radius 2 is 1.60 bits per heavy atom. The molecule has 0 unspecified atom stereocenters. The average Bonchev–Trinajstić information content (AvgIpc) is 2.48. The molecular formula is C11H20NO3+. The van der Waals surface area contributed by atoms with Crippen LogP contribution < -0.4 is 0 Å². The van der Waals surface area contributed by atoms with E-state index in [1.54, 1.807) is 0 Å². The third-order valence-corrected chi connectivity index (χ3v) is 2.68. The van der Waals surface area contributed by atoms with Crippen LogP contribution in [-0.2, 0) is 9.53 Å². The molecule has 0 spiro atoms. The zero-order chi connectivity index (χ0) is 11.7. The first-order valence-electron chi connectivity index (χ1n) is 5.40. The topological polar surface area (TPSA) is 43.4 Å². The number of ether oxygens (including phenoxy) is 1. The maximum Gasteiger partial charge on any atom is 0.524 e. The molecule has 1 aliphatic rings. The number of likely N-dealkylation sites (tertiary alicyclic amines) is 1. The summed E-state index contributed by atoms with van der Waals surface area (Å²) in [6.45, 7) is 8.09. The van der Waals surface area contributed by atoms with Gasteiger partial charge in [-0.05, 0) is 20.8 Å². The van der Waals surface area contributed by atoms with E-state index in [1.807, 2.05) is 20.8 Å². The summed E-state index contributed by atoms with van der Waals surface area (Å²) in [5, 5.41) is 0. The number of rotatable bonds is 0. The van der Waals surface area contributed by atoms with Crippen LogP contribution in [0.3, 0.4) is 0 Å². The van der Waals surface area contributed by atoms with Gasteiger partial charge in [0.05, 0.1) is 20.0 Å². The normalized spacial score (nSPS) is 20.0. The predicted octanol–water partition coefficient (Wildman–Crippen LogP) is 2.08. The predicted molar refractivity (Wildman–Crippen MR) is 56.1 cm³/mol. The lowest BCUT2D eigenvalue weighted by molar-refractivity contribution is -0.769. The van der Waals surface area contributed by atoms with Gasteiger partial charge in [0.15, 0.2) is 0 Å². The van der Waals surface area contributed by atoms with Crippen LogP contribution >= 0.6 is 0 Å². The molecular weight excluding hydrogens is 194 g/mol. The molecule has 4 heteroatoms. The van der Waals surface area contributed by atoms with Crippen molar-refractivity contribution in [3.63, 3.8) is 0 Å². The lowest BCUT2D eigenvalue weighted by atomic mass is 10.2. The van der Waals surface area contributed by atoms with Crippen molar-refractivity contribution in [1.82, 2.24) is 0 Å². The molecule has 0 saturated carbocycles. The summed E-state index contributed by atoms with van der Waals surface area (Å²) in [6.07, 6.45) is 1.44. The van der Waals surface area contributed by atoms with Gasteiger partial charge in [0.25, 0.3) is 0 Å². The number of quaternary nitrogens is 1. The van der Waals surface area contributed by atoms with Gasteiger partial charge in [-0.15, -0.1) is 0 Å². The zero-order valence-corrected chi connectivity index (χ0v) is 10.0. The monoisotopic (exact) mass is 214 g/mol. The van der Waals surface area contributed by atoms with Crippen LogP contribution in [0.4, 0.5) is 4.79 Å². The SMILES string of the molecule is CC(=O)[N+]1(C(=O)OC(C)(C)C)CCCC1. The first kappa shape index (κ1) is 12.2. The summed E-state index contributed by atoms with van der Waals surface area (Å²) in [4.78, 5) is 23.5. The molecule has 1 fully saturated rings. The van der Waals surface area contributed by atoms with E-state index in [9.17, 15) is 9.59 Å². The third-order valence-electron chi connectivity index (χ3n) is 2.68. The molecule has 0 aliphatic carbocycles. The minimum absolute atomic E-state index is 0.109. The van der Waals surface area contributed by atoms with E-state index in [2.05, 4.69) is 0 Å². The maximum absolute atomic E-state index is 12.0. The Labute approximate surface area is 90.8 Å². The van der Waals surface area contributed by atoms with Gasteiger partial charge in [-0.1, -0.05) is 0 Å². The van der Waals surface area contributed by atoms with Crippen molar-refractivity contribution < 1.29 is 18.8 Å². The molecule has 15 heavy (non-hydrogen) atoms. The molecule has 86 valence electrons. The molecule has 1 heterocycles. The standard InChI is InChI=1S/C11H20NO3/c1-9(13)12(7-5-6-8-12)10(14)15-11(2,3)4/h5-8H2,1-4H3/q+1. The second-order valence-electron chi connectivity index (χ2n) is 5.12. The van der Waals surface area contributed by atoms with E-state index in [0.29, 0.717) is 13.1 Å². The number of carbonyl (C=O) groups excluding carboxylic acids is 2. The van der Waals surface area contributed by atoms with Crippen molar-refractivity contribution in [3.8, 4) is 0 Å². The first-order chi connectivity index (χ1) is 6.78. The summed E-state index contributed by atoms with van der Waals surface area (Å²) in [6, 6.07) is 0. The molecule has 0 aromatic carbocycles. The van der Waals surface area contributed by atoms with Gasteiger partial charge in [-0.2, -0.15) is 9.28 Å². The van der Waals surface area contributed by atoms with E-state index in [0.717, 1.165) is 12.8 Å². The molecule has 0 atom stereocenters. The number of imide groups is 1. The Morgan fingerprint density at radius 3 is 1.93 bits per heavy atom. The van der Waals surface area contributed by atoms with Gasteiger partial charge in [0.2, 0.25) is 0 Å². The van der Waals surface area contributed by atoms with E-state index in [1.165, 1.54) is 6.92 Å². The van der Waals surface area contributed by atoms with Gasteiger partial charge in [-0.3, -0.25) is 0 Å². The van der Waals surface area contributed by atoms with Crippen LogP contribution in [-0.4, -0.2) is 35.2 Å². The summed E-state index contributed by atoms with van der Waals surface area (Å²) >= 11 is 0. The molecule has 1 saturated heterocycles. The molecule has 0 N–H and O–H groups in total. The number of nitrogens with zero attached hydrogens (tertiary/aromatic N) is 1. The highest BCUT2D eigenvalue weighted by atomic mass is 16.6. The first-order valence-corrected chi connectivity index (χ1v) is 5.40. The fraction of sp³-hybridized carbons (Fsp3) is 0.818. The van der Waals surface area contributed by atoms with Crippen molar-refractivity contribution in [1.29, 1.82) is 0 Å². The quantitative estimate of drug-likeness (QED) is 0.580. The lowest BCUT2D eigenvalue weighted by Crippen LogP contribution is -2.55. The Kier molecular flexibility index (Phi) is 3.19. The Hall–Kier alpha value is -0.900. The molecule has 4 nitrogen and oxygen atoms in total. The second-order valence-corrected chi connectivity index (χ2v) is 5.12. The zero-order valence-electron chi connectivity index (χ0n) is 10.0. The van der Waals surface area contributed by atoms with Crippen LogP contribution in [0.5, 0.6) is 0 Å². The number of hydrogen-bond donors (Lipinski definition) is 0. The van der Waals surface area contributed by atoms with Gasteiger partial charge < -0.3 is 4.74 Å². The maximum atomic E-state index is 12.0. The molecule has 0 radical (unpaired) electrons. The highest BCUT2D eigenvalue weighted by molar-refractivity contribution is 5.79. The second kappa shape index (κ2) is 3.93. The minimum atomic E-state index is -0.527. The van der Waals surface area contributed by atoms with E-state index < -0.39 is 11.7 Å². The van der Waals surface area contributed by atoms with Gasteiger partial charge in [-0.25, -0.2) is 4.79 Å². The Bertz CT molecular complexity index is 272. The largest absolute Gasteiger partial charge is 0.524 e. The van der Waals surface area contributed by atoms with Crippen molar-refractivity contribution in [2.24, 2.45) is 0 Å². The van der Waals surface area contributed by atoms with Crippen LogP contribution in [0.1, 0.15) is 40.5 Å². The van der Waals surface area contributed by atoms with Crippen molar-refractivity contribution in [2.45, 2.75) is 46.1 Å². The molecule has 0 aromatic heterocycles. The fourth-order valence-corrected chi connectivity index (χ4v) is 1.85. The average molecular weight is 214 g/mol. The van der Waals surface area contributed by atoms with Crippen LogP contribution in [0.2, 0.25) is 0 Å². The summed E-state index contributed by atoms with van der Waals surface area (Å²) in [5.74, 6) is -0.109. The number of amides is 2. The van der Waals surface area contributed by atoms with E-state index in [-0.39, 0.29) is 10.4 Å². The highest BCUT2D eigenvalue weighted by Gasteiger charge is 2.47. The fourth-order valence-electron chi connectivity index (χ4n) is 1.85. The van der Waals surface area contributed by atoms with Crippen molar-refractivity contribution in [3.05, 3.63) is 0 Å². The van der Waals surface area contributed by atoms with Gasteiger partial charge in [0, 0.05) is 12.8 Å². The smallest absolute Gasteiger partial charge is 0.414 e. The highest BCUT2D eigenvalue weighted by Crippen LogP contribution is 2.24. The van der Waals surface area contributed by atoms with E-state index in [4.69, 9.17) is 4.74 Å².